The molecule has 1 N–H and O–H groups in total. The Kier molecular flexibility index (Phi) is 2.97. The summed E-state index contributed by atoms with van der Waals surface area (Å²) in [5, 5.41) is 6.23. The van der Waals surface area contributed by atoms with Crippen LogP contribution in [0.1, 0.15) is 23.2 Å². The Balaban J connectivity index is 1.49. The number of amides is 1. The molecule has 4 nitrogen and oxygen atoms in total. The predicted molar refractivity (Wildman–Crippen MR) is 80.0 cm³/mol. The first kappa shape index (κ1) is 12.3. The molecule has 2 bridgehead atoms. The molecule has 2 saturated heterocycles. The molecule has 4 heterocycles. The fraction of sp³-hybridized carbons (Fsp3) is 0.467. The summed E-state index contributed by atoms with van der Waals surface area (Å²) >= 11 is 1.60. The number of hydrogen-bond acceptors (Lipinski definition) is 4. The first-order chi connectivity index (χ1) is 9.78. The second kappa shape index (κ2) is 4.82. The molecule has 4 rings (SSSR count). The lowest BCUT2D eigenvalue weighted by molar-refractivity contribution is 0.0909. The standard InChI is InChI=1S/C15H17N3OS/c19-14(12-6-11-2-4-20-15(11)16-7-12)17-13-5-10-1-3-18(8-10)9-13/h2,4,6-7,10,13H,1,3,5,8-9H2,(H,17,19)/t10-,13+/m0/s1. The first-order valence-electron chi connectivity index (χ1n) is 7.14. The van der Waals surface area contributed by atoms with Crippen molar-refractivity contribution in [1.82, 2.24) is 15.2 Å². The van der Waals surface area contributed by atoms with Gasteiger partial charge in [-0.1, -0.05) is 0 Å². The highest BCUT2D eigenvalue weighted by atomic mass is 32.1. The third-order valence-electron chi connectivity index (χ3n) is 4.37. The highest BCUT2D eigenvalue weighted by molar-refractivity contribution is 7.16. The van der Waals surface area contributed by atoms with E-state index in [0.29, 0.717) is 11.6 Å². The van der Waals surface area contributed by atoms with Gasteiger partial charge < -0.3 is 10.2 Å². The lowest BCUT2D eigenvalue weighted by Gasteiger charge is -2.30. The fourth-order valence-electron chi connectivity index (χ4n) is 3.42. The molecule has 2 fully saturated rings. The number of carbonyl (C=O) groups is 1. The molecule has 5 heteroatoms. The van der Waals surface area contributed by atoms with Crippen molar-refractivity contribution < 1.29 is 4.79 Å². The number of rotatable bonds is 2. The number of hydrogen-bond donors (Lipinski definition) is 1. The van der Waals surface area contributed by atoms with Crippen LogP contribution in [0.5, 0.6) is 0 Å². The SMILES string of the molecule is O=C(N[C@@H]1C[C@@H]2CCN(C2)C1)c1cnc2sccc2c1. The van der Waals surface area contributed by atoms with Gasteiger partial charge in [0.15, 0.2) is 0 Å². The average molecular weight is 287 g/mol. The highest BCUT2D eigenvalue weighted by Crippen LogP contribution is 2.27. The zero-order valence-corrected chi connectivity index (χ0v) is 12.0. The zero-order valence-electron chi connectivity index (χ0n) is 11.2. The van der Waals surface area contributed by atoms with Gasteiger partial charge in [-0.15, -0.1) is 11.3 Å². The molecule has 3 atom stereocenters. The maximum absolute atomic E-state index is 12.3. The molecule has 2 aliphatic heterocycles. The smallest absolute Gasteiger partial charge is 0.253 e. The Labute approximate surface area is 121 Å². The van der Waals surface area contributed by atoms with Gasteiger partial charge in [-0.25, -0.2) is 4.98 Å². The normalized spacial score (nSPS) is 28.7. The summed E-state index contributed by atoms with van der Waals surface area (Å²) in [5.41, 5.74) is 0.670. The van der Waals surface area contributed by atoms with Crippen molar-refractivity contribution >= 4 is 27.5 Å². The molecule has 0 saturated carbocycles. The Morgan fingerprint density at radius 3 is 3.30 bits per heavy atom. The van der Waals surface area contributed by atoms with Gasteiger partial charge in [0.1, 0.15) is 4.83 Å². The third kappa shape index (κ3) is 2.21. The number of piperidine rings is 1. The first-order valence-corrected chi connectivity index (χ1v) is 8.02. The Hall–Kier alpha value is -1.46. The average Bonchev–Trinajstić information content (AvgIpc) is 3.04. The Bertz CT molecular complexity index is 641. The van der Waals surface area contributed by atoms with Gasteiger partial charge in [0.05, 0.1) is 5.56 Å². The largest absolute Gasteiger partial charge is 0.348 e. The maximum atomic E-state index is 12.3. The lowest BCUT2D eigenvalue weighted by atomic mass is 9.96. The minimum absolute atomic E-state index is 0.0121. The number of thiophene rings is 1. The van der Waals surface area contributed by atoms with E-state index in [-0.39, 0.29) is 5.91 Å². The van der Waals surface area contributed by atoms with E-state index in [4.69, 9.17) is 0 Å². The number of nitrogens with zero attached hydrogens (tertiary/aromatic N) is 2. The van der Waals surface area contributed by atoms with Crippen LogP contribution >= 0.6 is 11.3 Å². The number of pyridine rings is 1. The summed E-state index contributed by atoms with van der Waals surface area (Å²) in [6.45, 7) is 3.41. The van der Waals surface area contributed by atoms with Crippen molar-refractivity contribution in [2.24, 2.45) is 5.92 Å². The zero-order chi connectivity index (χ0) is 13.5. The van der Waals surface area contributed by atoms with E-state index < -0.39 is 0 Å². The molecule has 1 amide bonds. The monoisotopic (exact) mass is 287 g/mol. The lowest BCUT2D eigenvalue weighted by Crippen LogP contribution is -2.47. The van der Waals surface area contributed by atoms with Crippen LogP contribution in [-0.4, -0.2) is 41.5 Å². The van der Waals surface area contributed by atoms with Crippen molar-refractivity contribution in [1.29, 1.82) is 0 Å². The number of nitrogens with one attached hydrogen (secondary N) is 1. The van der Waals surface area contributed by atoms with Crippen LogP contribution in [0.3, 0.4) is 0 Å². The third-order valence-corrected chi connectivity index (χ3v) is 5.21. The molecular weight excluding hydrogens is 270 g/mol. The number of fused-ring (bicyclic) bond motifs is 3. The number of carbonyl (C=O) groups excluding carboxylic acids is 1. The molecule has 0 aromatic carbocycles. The molecule has 2 aromatic rings. The van der Waals surface area contributed by atoms with E-state index in [1.54, 1.807) is 17.5 Å². The maximum Gasteiger partial charge on any atom is 0.253 e. The van der Waals surface area contributed by atoms with Crippen molar-refractivity contribution in [2.75, 3.05) is 19.6 Å². The summed E-state index contributed by atoms with van der Waals surface area (Å²) in [4.78, 5) is 20.1. The van der Waals surface area contributed by atoms with Gasteiger partial charge in [0.25, 0.3) is 5.91 Å². The van der Waals surface area contributed by atoms with Crippen LogP contribution in [0, 0.1) is 5.92 Å². The van der Waals surface area contributed by atoms with Gasteiger partial charge >= 0.3 is 0 Å². The second-order valence-corrected chi connectivity index (χ2v) is 6.75. The Morgan fingerprint density at radius 1 is 1.45 bits per heavy atom. The van der Waals surface area contributed by atoms with Crippen LogP contribution in [0.15, 0.2) is 23.7 Å². The van der Waals surface area contributed by atoms with Gasteiger partial charge in [0.2, 0.25) is 0 Å². The summed E-state index contributed by atoms with van der Waals surface area (Å²) in [5.74, 6) is 0.782. The van der Waals surface area contributed by atoms with E-state index in [1.165, 1.54) is 19.5 Å². The van der Waals surface area contributed by atoms with Crippen molar-refractivity contribution in [3.05, 3.63) is 29.3 Å². The second-order valence-electron chi connectivity index (χ2n) is 5.86. The van der Waals surface area contributed by atoms with Crippen LogP contribution < -0.4 is 5.32 Å². The fourth-order valence-corrected chi connectivity index (χ4v) is 4.14. The van der Waals surface area contributed by atoms with Crippen LogP contribution in [0.4, 0.5) is 0 Å². The van der Waals surface area contributed by atoms with Crippen LogP contribution in [0.2, 0.25) is 0 Å². The van der Waals surface area contributed by atoms with Gasteiger partial charge in [-0.3, -0.25) is 4.79 Å². The molecule has 104 valence electrons. The molecule has 0 spiro atoms. The van der Waals surface area contributed by atoms with E-state index >= 15 is 0 Å². The van der Waals surface area contributed by atoms with Crippen LogP contribution in [0.25, 0.3) is 10.2 Å². The molecule has 0 radical (unpaired) electrons. The number of aromatic nitrogens is 1. The molecule has 2 aromatic heterocycles. The quantitative estimate of drug-likeness (QED) is 0.920. The van der Waals surface area contributed by atoms with E-state index in [1.807, 2.05) is 17.5 Å². The molecule has 20 heavy (non-hydrogen) atoms. The molecule has 2 aliphatic rings. The van der Waals surface area contributed by atoms with Gasteiger partial charge in [-0.05, 0) is 42.8 Å². The molecule has 1 unspecified atom stereocenters. The predicted octanol–water partition coefficient (Wildman–Crippen LogP) is 2.12. The summed E-state index contributed by atoms with van der Waals surface area (Å²) < 4.78 is 0. The van der Waals surface area contributed by atoms with E-state index in [9.17, 15) is 4.79 Å². The highest BCUT2D eigenvalue weighted by Gasteiger charge is 2.32. The van der Waals surface area contributed by atoms with Crippen LogP contribution in [-0.2, 0) is 0 Å². The summed E-state index contributed by atoms with van der Waals surface area (Å²) in [6.07, 6.45) is 4.09. The van der Waals surface area contributed by atoms with Crippen molar-refractivity contribution in [3.8, 4) is 0 Å². The van der Waals surface area contributed by atoms with E-state index in [0.717, 1.165) is 29.1 Å². The summed E-state index contributed by atoms with van der Waals surface area (Å²) in [7, 11) is 0. The van der Waals surface area contributed by atoms with E-state index in [2.05, 4.69) is 15.2 Å². The van der Waals surface area contributed by atoms with Gasteiger partial charge in [-0.2, -0.15) is 0 Å². The minimum atomic E-state index is 0.0121. The molecular formula is C15H17N3OS. The van der Waals surface area contributed by atoms with Crippen molar-refractivity contribution in [2.45, 2.75) is 18.9 Å². The van der Waals surface area contributed by atoms with Crippen molar-refractivity contribution in [3.63, 3.8) is 0 Å². The minimum Gasteiger partial charge on any atom is -0.348 e. The summed E-state index contributed by atoms with van der Waals surface area (Å²) in [6, 6.07) is 4.24. The van der Waals surface area contributed by atoms with Gasteiger partial charge in [0, 0.05) is 30.7 Å². The molecule has 0 aliphatic carbocycles. The topological polar surface area (TPSA) is 45.2 Å². The Morgan fingerprint density at radius 2 is 2.40 bits per heavy atom.